The van der Waals surface area contributed by atoms with Crippen LogP contribution in [0.15, 0.2) is 0 Å². The number of anilines is 1. The molecule has 1 aromatic rings. The second kappa shape index (κ2) is 4.81. The van der Waals surface area contributed by atoms with Crippen molar-refractivity contribution in [2.45, 2.75) is 38.7 Å². The zero-order chi connectivity index (χ0) is 13.3. The first kappa shape index (κ1) is 13.2. The van der Waals surface area contributed by atoms with E-state index in [0.29, 0.717) is 24.6 Å². The van der Waals surface area contributed by atoms with Crippen LogP contribution >= 0.6 is 11.3 Å². The molecule has 1 saturated heterocycles. The quantitative estimate of drug-likeness (QED) is 0.809. The summed E-state index contributed by atoms with van der Waals surface area (Å²) >= 11 is 1.38. The molecule has 7 heteroatoms. The van der Waals surface area contributed by atoms with Crippen LogP contribution in [0.5, 0.6) is 0 Å². The van der Waals surface area contributed by atoms with E-state index in [9.17, 15) is 9.90 Å². The van der Waals surface area contributed by atoms with Gasteiger partial charge >= 0.3 is 6.03 Å². The molecule has 6 nitrogen and oxygen atoms in total. The van der Waals surface area contributed by atoms with Crippen LogP contribution < -0.4 is 5.32 Å². The third-order valence-corrected chi connectivity index (χ3v) is 4.00. The van der Waals surface area contributed by atoms with Crippen LogP contribution in [0, 0.1) is 0 Å². The van der Waals surface area contributed by atoms with Crippen LogP contribution in [0.1, 0.15) is 32.2 Å². The fourth-order valence-electron chi connectivity index (χ4n) is 1.67. The number of carbonyl (C=O) groups is 1. The number of hydrogen-bond donors (Lipinski definition) is 2. The predicted octanol–water partition coefficient (Wildman–Crippen LogP) is 1.43. The second-order valence-electron chi connectivity index (χ2n) is 5.48. The number of nitrogens with one attached hydrogen (secondary N) is 1. The number of aromatic nitrogens is 2. The smallest absolute Gasteiger partial charge is 0.323 e. The highest BCUT2D eigenvalue weighted by atomic mass is 32.1. The van der Waals surface area contributed by atoms with E-state index in [1.807, 2.05) is 0 Å². The fourth-order valence-corrected chi connectivity index (χ4v) is 2.46. The van der Waals surface area contributed by atoms with Crippen LogP contribution in [-0.2, 0) is 5.41 Å². The minimum Gasteiger partial charge on any atom is -0.391 e. The van der Waals surface area contributed by atoms with Crippen molar-refractivity contribution >= 4 is 22.5 Å². The van der Waals surface area contributed by atoms with Crippen LogP contribution in [0.4, 0.5) is 9.93 Å². The highest BCUT2D eigenvalue weighted by Gasteiger charge is 2.26. The SMILES string of the molecule is CC(C)(C)c1nnc(NC(=O)N2CC[C@@H](O)C2)s1. The lowest BCUT2D eigenvalue weighted by Crippen LogP contribution is -2.33. The number of β-amino-alcohol motifs (C(OH)–C–C–N with tert-alkyl or cyclic N) is 1. The van der Waals surface area contributed by atoms with E-state index in [1.54, 1.807) is 4.90 Å². The van der Waals surface area contributed by atoms with Crippen molar-refractivity contribution in [3.05, 3.63) is 5.01 Å². The minimum atomic E-state index is -0.407. The summed E-state index contributed by atoms with van der Waals surface area (Å²) in [5, 5.41) is 21.5. The molecular formula is C11H18N4O2S. The van der Waals surface area contributed by atoms with Gasteiger partial charge in [0.15, 0.2) is 0 Å². The largest absolute Gasteiger partial charge is 0.391 e. The number of urea groups is 1. The number of carbonyl (C=O) groups excluding carboxylic acids is 1. The monoisotopic (exact) mass is 270 g/mol. The van der Waals surface area contributed by atoms with Crippen molar-refractivity contribution in [2.75, 3.05) is 18.4 Å². The fraction of sp³-hybridized carbons (Fsp3) is 0.727. The Morgan fingerprint density at radius 2 is 2.22 bits per heavy atom. The molecule has 1 aromatic heterocycles. The molecule has 2 amide bonds. The van der Waals surface area contributed by atoms with E-state index in [1.165, 1.54) is 11.3 Å². The maximum absolute atomic E-state index is 11.9. The Morgan fingerprint density at radius 1 is 1.50 bits per heavy atom. The Balaban J connectivity index is 1.97. The molecule has 1 fully saturated rings. The molecule has 0 aliphatic carbocycles. The Bertz CT molecular complexity index is 440. The molecule has 0 aromatic carbocycles. The van der Waals surface area contributed by atoms with Crippen LogP contribution in [0.25, 0.3) is 0 Å². The molecule has 1 aliphatic heterocycles. The normalized spacial score (nSPS) is 20.2. The van der Waals surface area contributed by atoms with Crippen LogP contribution in [0.3, 0.4) is 0 Å². The lowest BCUT2D eigenvalue weighted by molar-refractivity contribution is 0.176. The first-order valence-corrected chi connectivity index (χ1v) is 6.76. The van der Waals surface area contributed by atoms with E-state index in [-0.39, 0.29) is 11.4 Å². The van der Waals surface area contributed by atoms with E-state index in [0.717, 1.165) is 5.01 Å². The molecule has 0 saturated carbocycles. The molecule has 1 aliphatic rings. The van der Waals surface area contributed by atoms with Gasteiger partial charge in [-0.2, -0.15) is 0 Å². The molecule has 1 atom stereocenters. The minimum absolute atomic E-state index is 0.0650. The molecule has 2 heterocycles. The number of likely N-dealkylation sites (tertiary alicyclic amines) is 1. The van der Waals surface area contributed by atoms with Gasteiger partial charge in [-0.15, -0.1) is 10.2 Å². The first-order valence-electron chi connectivity index (χ1n) is 5.94. The van der Waals surface area contributed by atoms with Crippen molar-refractivity contribution in [1.82, 2.24) is 15.1 Å². The number of rotatable bonds is 1. The molecule has 2 N–H and O–H groups in total. The van der Waals surface area contributed by atoms with Crippen LogP contribution in [0.2, 0.25) is 0 Å². The highest BCUT2D eigenvalue weighted by Crippen LogP contribution is 2.27. The van der Waals surface area contributed by atoms with Gasteiger partial charge < -0.3 is 10.0 Å². The van der Waals surface area contributed by atoms with Crippen molar-refractivity contribution in [3.8, 4) is 0 Å². The van der Waals surface area contributed by atoms with E-state index in [4.69, 9.17) is 0 Å². The Morgan fingerprint density at radius 3 is 2.72 bits per heavy atom. The third-order valence-electron chi connectivity index (χ3n) is 2.73. The zero-order valence-corrected chi connectivity index (χ0v) is 11.6. The summed E-state index contributed by atoms with van der Waals surface area (Å²) in [4.78, 5) is 13.4. The summed E-state index contributed by atoms with van der Waals surface area (Å²) in [6, 6.07) is -0.219. The van der Waals surface area contributed by atoms with Crippen LogP contribution in [-0.4, -0.2) is 45.4 Å². The standard InChI is InChI=1S/C11H18N4O2S/c1-11(2,3)8-13-14-9(18-8)12-10(17)15-5-4-7(16)6-15/h7,16H,4-6H2,1-3H3,(H,12,14,17)/t7-/m1/s1. The molecule has 0 bridgehead atoms. The molecular weight excluding hydrogens is 252 g/mol. The number of aliphatic hydroxyl groups is 1. The zero-order valence-electron chi connectivity index (χ0n) is 10.8. The molecule has 100 valence electrons. The predicted molar refractivity (Wildman–Crippen MR) is 69.8 cm³/mol. The molecule has 18 heavy (non-hydrogen) atoms. The van der Waals surface area contributed by atoms with E-state index in [2.05, 4.69) is 36.3 Å². The Labute approximate surface area is 110 Å². The van der Waals surface area contributed by atoms with Gasteiger partial charge in [0.2, 0.25) is 5.13 Å². The number of nitrogens with zero attached hydrogens (tertiary/aromatic N) is 3. The number of amides is 2. The summed E-state index contributed by atoms with van der Waals surface area (Å²) in [6.07, 6.45) is 0.229. The van der Waals surface area contributed by atoms with Gasteiger partial charge in [-0.25, -0.2) is 4.79 Å². The third kappa shape index (κ3) is 2.97. The second-order valence-corrected chi connectivity index (χ2v) is 6.46. The summed E-state index contributed by atoms with van der Waals surface area (Å²) < 4.78 is 0. The summed E-state index contributed by atoms with van der Waals surface area (Å²) in [5.74, 6) is 0. The lowest BCUT2D eigenvalue weighted by Gasteiger charge is -2.15. The van der Waals surface area contributed by atoms with Gasteiger partial charge in [0.25, 0.3) is 0 Å². The van der Waals surface area contributed by atoms with Gasteiger partial charge in [0.05, 0.1) is 6.10 Å². The van der Waals surface area contributed by atoms with Crippen molar-refractivity contribution < 1.29 is 9.90 Å². The number of hydrogen-bond acceptors (Lipinski definition) is 5. The Hall–Kier alpha value is -1.21. The average molecular weight is 270 g/mol. The average Bonchev–Trinajstić information content (AvgIpc) is 2.85. The molecule has 0 radical (unpaired) electrons. The molecule has 0 unspecified atom stereocenters. The van der Waals surface area contributed by atoms with Gasteiger partial charge in [-0.1, -0.05) is 32.1 Å². The maximum Gasteiger partial charge on any atom is 0.323 e. The van der Waals surface area contributed by atoms with E-state index < -0.39 is 6.10 Å². The van der Waals surface area contributed by atoms with Gasteiger partial charge in [-0.3, -0.25) is 5.32 Å². The van der Waals surface area contributed by atoms with E-state index >= 15 is 0 Å². The topological polar surface area (TPSA) is 78.4 Å². The molecule has 2 rings (SSSR count). The van der Waals surface area contributed by atoms with Gasteiger partial charge in [-0.05, 0) is 6.42 Å². The maximum atomic E-state index is 11.9. The summed E-state index contributed by atoms with van der Waals surface area (Å²) in [5.41, 5.74) is -0.0650. The van der Waals surface area contributed by atoms with Crippen molar-refractivity contribution in [1.29, 1.82) is 0 Å². The first-order chi connectivity index (χ1) is 8.36. The Kier molecular flexibility index (Phi) is 3.54. The van der Waals surface area contributed by atoms with Crippen molar-refractivity contribution in [3.63, 3.8) is 0 Å². The number of aliphatic hydroxyl groups excluding tert-OH is 1. The van der Waals surface area contributed by atoms with Crippen molar-refractivity contribution in [2.24, 2.45) is 0 Å². The van der Waals surface area contributed by atoms with Gasteiger partial charge in [0.1, 0.15) is 5.01 Å². The van der Waals surface area contributed by atoms with Gasteiger partial charge in [0, 0.05) is 18.5 Å². The summed E-state index contributed by atoms with van der Waals surface area (Å²) in [6.45, 7) is 7.12. The molecule has 0 spiro atoms. The lowest BCUT2D eigenvalue weighted by atomic mass is 9.98. The highest BCUT2D eigenvalue weighted by molar-refractivity contribution is 7.15. The summed E-state index contributed by atoms with van der Waals surface area (Å²) in [7, 11) is 0.